The highest BCUT2D eigenvalue weighted by Crippen LogP contribution is 2.56. The second-order valence-corrected chi connectivity index (χ2v) is 12.6. The molecule has 4 nitrogen and oxygen atoms in total. The highest BCUT2D eigenvalue weighted by molar-refractivity contribution is 6.03. The summed E-state index contributed by atoms with van der Waals surface area (Å²) in [5, 5.41) is 2.17. The van der Waals surface area contributed by atoms with Crippen molar-refractivity contribution in [3.63, 3.8) is 0 Å². The summed E-state index contributed by atoms with van der Waals surface area (Å²) in [6.07, 6.45) is 12.4. The van der Waals surface area contributed by atoms with E-state index in [1.165, 1.54) is 27.8 Å². The maximum Gasteiger partial charge on any atom is 0.102 e. The predicted molar refractivity (Wildman–Crippen MR) is 190 cm³/mol. The molecule has 3 aliphatic rings. The largest absolute Gasteiger partial charge is 0.282 e. The standard InChI is InChI=1S/C43H28N4/c1-3-11-35-33(9-1)34-10-2-4-12-36(34)43(35,38-24-20-31-16-14-29-8-6-26-45-40(29)42(31)47-38)32-21-17-27(18-22-32)37-23-19-30-15-13-28-7-5-25-44-39(28)41(30)46-37/h1-26,28,39H. The van der Waals surface area contributed by atoms with Crippen LogP contribution in [0.4, 0.5) is 0 Å². The number of fused-ring (bicyclic) bond motifs is 9. The Balaban J connectivity index is 1.18. The van der Waals surface area contributed by atoms with Crippen LogP contribution in [0.15, 0.2) is 151 Å². The Hall–Kier alpha value is -6.00. The lowest BCUT2D eigenvalue weighted by Gasteiger charge is -2.33. The molecule has 2 unspecified atom stereocenters. The number of hydrogen-bond acceptors (Lipinski definition) is 4. The molecule has 0 spiro atoms. The molecule has 2 aliphatic carbocycles. The summed E-state index contributed by atoms with van der Waals surface area (Å²) in [6.45, 7) is 0. The molecule has 4 heteroatoms. The van der Waals surface area contributed by atoms with Gasteiger partial charge < -0.3 is 0 Å². The molecular formula is C43H28N4. The highest BCUT2D eigenvalue weighted by Gasteiger charge is 2.47. The van der Waals surface area contributed by atoms with E-state index in [1.54, 1.807) is 0 Å². The van der Waals surface area contributed by atoms with Gasteiger partial charge in [-0.2, -0.15) is 0 Å². The van der Waals surface area contributed by atoms with Gasteiger partial charge >= 0.3 is 0 Å². The van der Waals surface area contributed by atoms with Gasteiger partial charge in [-0.25, -0.2) is 9.97 Å². The van der Waals surface area contributed by atoms with Gasteiger partial charge in [-0.1, -0.05) is 121 Å². The Kier molecular flexibility index (Phi) is 5.58. The third-order valence-corrected chi connectivity index (χ3v) is 10.1. The molecule has 7 aromatic rings. The number of aliphatic imine (C=N–C) groups is 1. The summed E-state index contributed by atoms with van der Waals surface area (Å²) in [4.78, 5) is 20.2. The molecule has 0 radical (unpaired) electrons. The molecule has 0 fully saturated rings. The van der Waals surface area contributed by atoms with Crippen molar-refractivity contribution in [2.75, 3.05) is 0 Å². The van der Waals surface area contributed by atoms with Gasteiger partial charge in [-0.05, 0) is 57.7 Å². The van der Waals surface area contributed by atoms with E-state index >= 15 is 0 Å². The lowest BCUT2D eigenvalue weighted by molar-refractivity contribution is 0.594. The van der Waals surface area contributed by atoms with Gasteiger partial charge in [0.15, 0.2) is 0 Å². The molecule has 4 heterocycles. The first-order chi connectivity index (χ1) is 23.3. The number of pyridine rings is 3. The van der Waals surface area contributed by atoms with Crippen molar-refractivity contribution in [2.24, 2.45) is 10.9 Å². The van der Waals surface area contributed by atoms with E-state index in [2.05, 4.69) is 133 Å². The maximum atomic E-state index is 5.50. The molecule has 1 aliphatic heterocycles. The zero-order valence-corrected chi connectivity index (χ0v) is 25.5. The van der Waals surface area contributed by atoms with Crippen molar-refractivity contribution < 1.29 is 0 Å². The Morgan fingerprint density at radius 3 is 2.15 bits per heavy atom. The van der Waals surface area contributed by atoms with Crippen molar-refractivity contribution in [2.45, 2.75) is 11.5 Å². The predicted octanol–water partition coefficient (Wildman–Crippen LogP) is 9.53. The topological polar surface area (TPSA) is 51.0 Å². The van der Waals surface area contributed by atoms with Crippen molar-refractivity contribution in [1.29, 1.82) is 0 Å². The second kappa shape index (κ2) is 10.0. The van der Waals surface area contributed by atoms with E-state index in [0.717, 1.165) is 50.0 Å². The van der Waals surface area contributed by atoms with E-state index in [9.17, 15) is 0 Å². The van der Waals surface area contributed by atoms with Crippen LogP contribution in [0.2, 0.25) is 0 Å². The normalized spacial score (nSPS) is 18.1. The number of dihydropyridines is 1. The van der Waals surface area contributed by atoms with Crippen LogP contribution >= 0.6 is 0 Å². The van der Waals surface area contributed by atoms with Gasteiger partial charge in [0.25, 0.3) is 0 Å². The molecule has 0 N–H and O–H groups in total. The van der Waals surface area contributed by atoms with Gasteiger partial charge in [0.2, 0.25) is 0 Å². The number of allylic oxidation sites excluding steroid dienone is 1. The van der Waals surface area contributed by atoms with E-state index in [0.29, 0.717) is 0 Å². The SMILES string of the molecule is C1=CC2C=Cc3ccc(-c4ccc(C5(c6ccc7ccc8cccnc8c7n6)c6ccccc6-c6ccccc65)cc4)nc3C2N=C1. The molecule has 47 heavy (non-hydrogen) atoms. The lowest BCUT2D eigenvalue weighted by Crippen LogP contribution is -2.29. The highest BCUT2D eigenvalue weighted by atomic mass is 14.9. The van der Waals surface area contributed by atoms with Gasteiger partial charge in [0, 0.05) is 34.7 Å². The summed E-state index contributed by atoms with van der Waals surface area (Å²) in [5.41, 5.74) is 12.6. The van der Waals surface area contributed by atoms with Crippen LogP contribution in [0.25, 0.3) is 50.3 Å². The van der Waals surface area contributed by atoms with Crippen molar-refractivity contribution in [3.8, 4) is 22.4 Å². The van der Waals surface area contributed by atoms with Crippen LogP contribution in [0.5, 0.6) is 0 Å². The molecule has 3 aromatic heterocycles. The van der Waals surface area contributed by atoms with E-state index in [-0.39, 0.29) is 12.0 Å². The van der Waals surface area contributed by atoms with Gasteiger partial charge in [0.1, 0.15) is 6.04 Å². The van der Waals surface area contributed by atoms with Gasteiger partial charge in [-0.15, -0.1) is 0 Å². The minimum Gasteiger partial charge on any atom is -0.282 e. The molecule has 220 valence electrons. The zero-order valence-electron chi connectivity index (χ0n) is 25.5. The van der Waals surface area contributed by atoms with Crippen LogP contribution in [-0.2, 0) is 5.41 Å². The average Bonchev–Trinajstić information content (AvgIpc) is 3.45. The Labute approximate surface area is 272 Å². The molecule has 0 bridgehead atoms. The molecule has 4 aromatic carbocycles. The summed E-state index contributed by atoms with van der Waals surface area (Å²) in [7, 11) is 0. The third kappa shape index (κ3) is 3.76. The van der Waals surface area contributed by atoms with E-state index in [4.69, 9.17) is 19.9 Å². The van der Waals surface area contributed by atoms with Gasteiger partial charge in [0.05, 0.1) is 33.5 Å². The molecular weight excluding hydrogens is 573 g/mol. The molecule has 0 saturated heterocycles. The fourth-order valence-electron chi connectivity index (χ4n) is 7.98. The summed E-state index contributed by atoms with van der Waals surface area (Å²) >= 11 is 0. The smallest absolute Gasteiger partial charge is 0.102 e. The van der Waals surface area contributed by atoms with Crippen LogP contribution in [0, 0.1) is 5.92 Å². The minimum absolute atomic E-state index is 0.0264. The van der Waals surface area contributed by atoms with Crippen molar-refractivity contribution in [3.05, 3.63) is 179 Å². The fourth-order valence-corrected chi connectivity index (χ4v) is 7.98. The first kappa shape index (κ1) is 26.2. The summed E-state index contributed by atoms with van der Waals surface area (Å²) < 4.78 is 0. The number of hydrogen-bond donors (Lipinski definition) is 0. The van der Waals surface area contributed by atoms with Crippen molar-refractivity contribution >= 4 is 34.1 Å². The van der Waals surface area contributed by atoms with Crippen LogP contribution in [-0.4, -0.2) is 21.2 Å². The second-order valence-electron chi connectivity index (χ2n) is 12.6. The Morgan fingerprint density at radius 1 is 0.596 bits per heavy atom. The summed E-state index contributed by atoms with van der Waals surface area (Å²) in [6, 6.07) is 43.6. The third-order valence-electron chi connectivity index (χ3n) is 10.1. The molecule has 2 atom stereocenters. The van der Waals surface area contributed by atoms with Gasteiger partial charge in [-0.3, -0.25) is 9.98 Å². The Morgan fingerprint density at radius 2 is 1.34 bits per heavy atom. The van der Waals surface area contributed by atoms with Crippen LogP contribution in [0.1, 0.15) is 39.7 Å². The van der Waals surface area contributed by atoms with Crippen LogP contribution < -0.4 is 0 Å². The first-order valence-electron chi connectivity index (χ1n) is 16.1. The van der Waals surface area contributed by atoms with E-state index in [1.807, 2.05) is 24.6 Å². The van der Waals surface area contributed by atoms with E-state index < -0.39 is 5.41 Å². The minimum atomic E-state index is -0.610. The Bertz CT molecular complexity index is 2440. The number of rotatable bonds is 3. The number of aromatic nitrogens is 3. The zero-order chi connectivity index (χ0) is 31.0. The monoisotopic (exact) mass is 600 g/mol. The number of benzene rings is 4. The lowest BCUT2D eigenvalue weighted by atomic mass is 9.69. The average molecular weight is 601 g/mol. The maximum absolute atomic E-state index is 5.50. The molecule has 0 saturated carbocycles. The van der Waals surface area contributed by atoms with Crippen molar-refractivity contribution in [1.82, 2.24) is 15.0 Å². The molecule has 10 rings (SSSR count). The first-order valence-corrected chi connectivity index (χ1v) is 16.1. The quantitative estimate of drug-likeness (QED) is 0.190. The van der Waals surface area contributed by atoms with Crippen LogP contribution in [0.3, 0.4) is 0 Å². The fraction of sp³-hybridized carbons (Fsp3) is 0.0698. The number of nitrogens with zero attached hydrogens (tertiary/aromatic N) is 4. The summed E-state index contributed by atoms with van der Waals surface area (Å²) in [5.74, 6) is 0.252. The molecule has 0 amide bonds.